The molecule has 0 aromatic heterocycles. The summed E-state index contributed by atoms with van der Waals surface area (Å²) in [6.07, 6.45) is 0. The first-order chi connectivity index (χ1) is 12.5. The largest absolute Gasteiger partial charge is 0.332 e. The highest BCUT2D eigenvalue weighted by atomic mass is 35.5. The van der Waals surface area contributed by atoms with Crippen LogP contribution in [0.1, 0.15) is 5.56 Å². The number of nitrogens with zero attached hydrogens (tertiary/aromatic N) is 2. The summed E-state index contributed by atoms with van der Waals surface area (Å²) in [4.78, 5) is 28.4. The van der Waals surface area contributed by atoms with Crippen molar-refractivity contribution in [2.24, 2.45) is 0 Å². The van der Waals surface area contributed by atoms with Crippen molar-refractivity contribution in [1.82, 2.24) is 9.80 Å². The van der Waals surface area contributed by atoms with E-state index in [2.05, 4.69) is 22.3 Å². The van der Waals surface area contributed by atoms with Crippen LogP contribution < -0.4 is 5.32 Å². The number of carbonyl (C=O) groups is 2. The van der Waals surface area contributed by atoms with Crippen molar-refractivity contribution in [2.45, 2.75) is 6.54 Å². The molecule has 1 aliphatic heterocycles. The fraction of sp³-hybridized carbons (Fsp3) is 0.263. The van der Waals surface area contributed by atoms with Gasteiger partial charge in [0.1, 0.15) is 0 Å². The van der Waals surface area contributed by atoms with Gasteiger partial charge >= 0.3 is 11.8 Å². The third-order valence-corrected chi connectivity index (χ3v) is 4.83. The maximum Gasteiger partial charge on any atom is 0.313 e. The van der Waals surface area contributed by atoms with Gasteiger partial charge in [0.05, 0.1) is 10.7 Å². The predicted octanol–water partition coefficient (Wildman–Crippen LogP) is 3.28. The SMILES string of the molecule is O=C(Nc1ccc(Cl)cc1Cl)C(=O)N1CCN(Cc2ccccc2)CC1. The van der Waals surface area contributed by atoms with Crippen LogP contribution in [0.2, 0.25) is 10.0 Å². The molecule has 0 saturated carbocycles. The molecule has 2 amide bonds. The standard InChI is InChI=1S/C19H19Cl2N3O2/c20-15-6-7-17(16(21)12-15)22-18(25)19(26)24-10-8-23(9-11-24)13-14-4-2-1-3-5-14/h1-7,12H,8-11,13H2,(H,22,25). The Bertz CT molecular complexity index is 791. The van der Waals surface area contributed by atoms with E-state index in [0.29, 0.717) is 28.8 Å². The van der Waals surface area contributed by atoms with Crippen molar-refractivity contribution >= 4 is 40.7 Å². The molecule has 1 fully saturated rings. The summed E-state index contributed by atoms with van der Waals surface area (Å²) in [6, 6.07) is 14.9. The number of anilines is 1. The fourth-order valence-corrected chi connectivity index (χ4v) is 3.32. The number of benzene rings is 2. The van der Waals surface area contributed by atoms with Crippen molar-refractivity contribution in [3.05, 3.63) is 64.1 Å². The van der Waals surface area contributed by atoms with E-state index in [1.54, 1.807) is 17.0 Å². The molecule has 1 N–H and O–H groups in total. The predicted molar refractivity (Wildman–Crippen MR) is 103 cm³/mol. The quantitative estimate of drug-likeness (QED) is 0.816. The zero-order chi connectivity index (χ0) is 18.5. The van der Waals surface area contributed by atoms with Crippen LogP contribution in [0.15, 0.2) is 48.5 Å². The Balaban J connectivity index is 1.52. The van der Waals surface area contributed by atoms with Crippen LogP contribution in [0.4, 0.5) is 5.69 Å². The van der Waals surface area contributed by atoms with Crippen molar-refractivity contribution < 1.29 is 9.59 Å². The third-order valence-electron chi connectivity index (χ3n) is 4.28. The van der Waals surface area contributed by atoms with Gasteiger partial charge in [-0.2, -0.15) is 0 Å². The van der Waals surface area contributed by atoms with Gasteiger partial charge in [-0.25, -0.2) is 0 Å². The van der Waals surface area contributed by atoms with E-state index >= 15 is 0 Å². The zero-order valence-corrected chi connectivity index (χ0v) is 15.6. The van der Waals surface area contributed by atoms with Gasteiger partial charge in [0.25, 0.3) is 0 Å². The second-order valence-electron chi connectivity index (χ2n) is 6.13. The lowest BCUT2D eigenvalue weighted by atomic mass is 10.2. The van der Waals surface area contributed by atoms with E-state index in [4.69, 9.17) is 23.2 Å². The van der Waals surface area contributed by atoms with Gasteiger partial charge in [0, 0.05) is 37.7 Å². The van der Waals surface area contributed by atoms with Crippen LogP contribution in [0.3, 0.4) is 0 Å². The second-order valence-corrected chi connectivity index (χ2v) is 6.98. The van der Waals surface area contributed by atoms with Crippen LogP contribution in [-0.2, 0) is 16.1 Å². The summed E-state index contributed by atoms with van der Waals surface area (Å²) in [7, 11) is 0. The summed E-state index contributed by atoms with van der Waals surface area (Å²) < 4.78 is 0. The summed E-state index contributed by atoms with van der Waals surface area (Å²) in [5.74, 6) is -1.24. The van der Waals surface area contributed by atoms with Crippen molar-refractivity contribution in [3.63, 3.8) is 0 Å². The molecule has 7 heteroatoms. The molecule has 0 atom stereocenters. The Labute approximate surface area is 162 Å². The van der Waals surface area contributed by atoms with Crippen LogP contribution in [0.5, 0.6) is 0 Å². The number of nitrogens with one attached hydrogen (secondary N) is 1. The van der Waals surface area contributed by atoms with Gasteiger partial charge in [-0.1, -0.05) is 53.5 Å². The molecular weight excluding hydrogens is 373 g/mol. The van der Waals surface area contributed by atoms with Gasteiger partial charge in [-0.15, -0.1) is 0 Å². The first kappa shape index (κ1) is 18.7. The highest BCUT2D eigenvalue weighted by Crippen LogP contribution is 2.25. The number of hydrogen-bond acceptors (Lipinski definition) is 3. The summed E-state index contributed by atoms with van der Waals surface area (Å²) in [5, 5.41) is 3.32. The second kappa shape index (κ2) is 8.54. The average molecular weight is 392 g/mol. The Morgan fingerprint density at radius 1 is 0.962 bits per heavy atom. The van der Waals surface area contributed by atoms with Crippen LogP contribution in [0.25, 0.3) is 0 Å². The van der Waals surface area contributed by atoms with Crippen molar-refractivity contribution in [1.29, 1.82) is 0 Å². The maximum absolute atomic E-state index is 12.4. The molecule has 1 aliphatic rings. The third kappa shape index (κ3) is 4.75. The first-order valence-corrected chi connectivity index (χ1v) is 9.10. The Kier molecular flexibility index (Phi) is 6.14. The number of amides is 2. The normalized spacial score (nSPS) is 14.9. The first-order valence-electron chi connectivity index (χ1n) is 8.34. The Hall–Kier alpha value is -2.08. The molecule has 1 saturated heterocycles. The summed E-state index contributed by atoms with van der Waals surface area (Å²) in [5.41, 5.74) is 1.61. The molecule has 0 unspecified atom stereocenters. The molecule has 5 nitrogen and oxygen atoms in total. The minimum absolute atomic E-state index is 0.298. The van der Waals surface area contributed by atoms with Gasteiger partial charge in [0.15, 0.2) is 0 Å². The Morgan fingerprint density at radius 3 is 2.31 bits per heavy atom. The maximum atomic E-state index is 12.4. The molecule has 3 rings (SSSR count). The van der Waals surface area contributed by atoms with Gasteiger partial charge in [0.2, 0.25) is 0 Å². The number of carbonyl (C=O) groups excluding carboxylic acids is 2. The van der Waals surface area contributed by atoms with Gasteiger partial charge in [-0.05, 0) is 23.8 Å². The monoisotopic (exact) mass is 391 g/mol. The molecule has 26 heavy (non-hydrogen) atoms. The van der Waals surface area contributed by atoms with E-state index < -0.39 is 11.8 Å². The highest BCUT2D eigenvalue weighted by molar-refractivity contribution is 6.42. The number of halogens is 2. The summed E-state index contributed by atoms with van der Waals surface area (Å²) >= 11 is 11.9. The van der Waals surface area contributed by atoms with E-state index in [0.717, 1.165) is 19.6 Å². The molecule has 2 aromatic rings. The average Bonchev–Trinajstić information content (AvgIpc) is 2.65. The minimum atomic E-state index is -0.689. The minimum Gasteiger partial charge on any atom is -0.332 e. The zero-order valence-electron chi connectivity index (χ0n) is 14.1. The lowest BCUT2D eigenvalue weighted by Gasteiger charge is -2.34. The fourth-order valence-electron chi connectivity index (χ4n) is 2.86. The summed E-state index contributed by atoms with van der Waals surface area (Å²) in [6.45, 7) is 3.35. The molecule has 0 radical (unpaired) electrons. The molecule has 0 bridgehead atoms. The van der Waals surface area contributed by atoms with E-state index in [1.165, 1.54) is 11.6 Å². The van der Waals surface area contributed by atoms with Gasteiger partial charge < -0.3 is 10.2 Å². The van der Waals surface area contributed by atoms with E-state index in [1.807, 2.05) is 18.2 Å². The lowest BCUT2D eigenvalue weighted by Crippen LogP contribution is -2.51. The molecule has 0 aliphatic carbocycles. The molecule has 136 valence electrons. The number of hydrogen-bond donors (Lipinski definition) is 1. The van der Waals surface area contributed by atoms with Crippen LogP contribution >= 0.6 is 23.2 Å². The number of rotatable bonds is 3. The smallest absolute Gasteiger partial charge is 0.313 e. The van der Waals surface area contributed by atoms with Crippen molar-refractivity contribution in [3.8, 4) is 0 Å². The topological polar surface area (TPSA) is 52.7 Å². The number of piperazine rings is 1. The van der Waals surface area contributed by atoms with Crippen molar-refractivity contribution in [2.75, 3.05) is 31.5 Å². The van der Waals surface area contributed by atoms with Crippen LogP contribution in [0, 0.1) is 0 Å². The molecular formula is C19H19Cl2N3O2. The van der Waals surface area contributed by atoms with Crippen LogP contribution in [-0.4, -0.2) is 47.8 Å². The Morgan fingerprint density at radius 2 is 1.65 bits per heavy atom. The molecule has 1 heterocycles. The molecule has 2 aromatic carbocycles. The lowest BCUT2D eigenvalue weighted by molar-refractivity contribution is -0.144. The molecule has 0 spiro atoms. The van der Waals surface area contributed by atoms with E-state index in [-0.39, 0.29) is 0 Å². The van der Waals surface area contributed by atoms with Gasteiger partial charge in [-0.3, -0.25) is 14.5 Å². The van der Waals surface area contributed by atoms with E-state index in [9.17, 15) is 9.59 Å². The highest BCUT2D eigenvalue weighted by Gasteiger charge is 2.26.